The van der Waals surface area contributed by atoms with Crippen molar-refractivity contribution in [2.24, 2.45) is 5.84 Å². The molecule has 0 amide bonds. The molecule has 2 rings (SSSR count). The number of nitrogens with two attached hydrogens (primary N) is 1. The molecule has 6 nitrogen and oxygen atoms in total. The predicted molar refractivity (Wildman–Crippen MR) is 69.3 cm³/mol. The van der Waals surface area contributed by atoms with Crippen LogP contribution in [-0.4, -0.2) is 13.4 Å². The molecule has 4 N–H and O–H groups in total. The molecule has 0 saturated heterocycles. The summed E-state index contributed by atoms with van der Waals surface area (Å²) in [5.41, 5.74) is 3.07. The third kappa shape index (κ3) is 2.58. The van der Waals surface area contributed by atoms with Crippen molar-refractivity contribution < 1.29 is 8.42 Å². The molecule has 0 unspecified atom stereocenters. The minimum Gasteiger partial charge on any atom is -0.323 e. The number of sulfonamides is 1. The molecule has 0 aliphatic carbocycles. The lowest BCUT2D eigenvalue weighted by Gasteiger charge is -2.11. The highest BCUT2D eigenvalue weighted by atomic mass is 32.2. The number of hydrogen-bond acceptors (Lipinski definition) is 5. The topological polar surface area (TPSA) is 97.1 Å². The molecule has 2 aromatic rings. The molecule has 0 saturated carbocycles. The molecular weight excluding hydrogens is 252 g/mol. The summed E-state index contributed by atoms with van der Waals surface area (Å²) in [6.45, 7) is 0. The fraction of sp³-hybridized carbons (Fsp3) is 0. The van der Waals surface area contributed by atoms with Crippen molar-refractivity contribution in [2.45, 2.75) is 4.90 Å². The second-order valence-electron chi connectivity index (χ2n) is 3.49. The molecule has 0 aliphatic heterocycles. The average Bonchev–Trinajstić information content (AvgIpc) is 2.39. The Morgan fingerprint density at radius 3 is 2.56 bits per heavy atom. The third-order valence-corrected chi connectivity index (χ3v) is 3.69. The maximum absolute atomic E-state index is 12.1. The number of aromatic nitrogens is 1. The number of anilines is 2. The molecule has 94 valence electrons. The van der Waals surface area contributed by atoms with Crippen molar-refractivity contribution in [1.82, 2.24) is 4.98 Å². The minimum atomic E-state index is -3.69. The molecule has 1 heterocycles. The van der Waals surface area contributed by atoms with Crippen molar-refractivity contribution in [2.75, 3.05) is 10.1 Å². The lowest BCUT2D eigenvalue weighted by atomic mass is 10.3. The summed E-state index contributed by atoms with van der Waals surface area (Å²) in [6.07, 6.45) is 2.99. The molecule has 0 atom stereocenters. The maximum Gasteiger partial charge on any atom is 0.264 e. The van der Waals surface area contributed by atoms with Crippen molar-refractivity contribution in [1.29, 1.82) is 0 Å². The van der Waals surface area contributed by atoms with Crippen LogP contribution >= 0.6 is 0 Å². The van der Waals surface area contributed by atoms with Crippen molar-refractivity contribution in [3.05, 3.63) is 48.8 Å². The van der Waals surface area contributed by atoms with Gasteiger partial charge in [-0.1, -0.05) is 12.1 Å². The Bertz CT molecular complexity index is 629. The molecule has 0 fully saturated rings. The van der Waals surface area contributed by atoms with Crippen LogP contribution in [0.3, 0.4) is 0 Å². The van der Waals surface area contributed by atoms with Crippen LogP contribution in [0.1, 0.15) is 0 Å². The number of nitrogens with zero attached hydrogens (tertiary/aromatic N) is 1. The van der Waals surface area contributed by atoms with Gasteiger partial charge in [0.1, 0.15) is 4.90 Å². The summed E-state index contributed by atoms with van der Waals surface area (Å²) in [7, 11) is -3.69. The number of hydrazine groups is 1. The van der Waals surface area contributed by atoms with Gasteiger partial charge in [0.05, 0.1) is 17.6 Å². The number of benzene rings is 1. The van der Waals surface area contributed by atoms with Crippen LogP contribution in [0.2, 0.25) is 0 Å². The number of nitrogen functional groups attached to an aromatic ring is 1. The standard InChI is InChI=1S/C11H12N4O2S/c12-14-10-5-1-2-6-11(10)18(16,17)15-9-4-3-7-13-8-9/h1-8,14-15H,12H2. The summed E-state index contributed by atoms with van der Waals surface area (Å²) >= 11 is 0. The number of hydrogen-bond donors (Lipinski definition) is 3. The van der Waals surface area contributed by atoms with Gasteiger partial charge in [-0.05, 0) is 24.3 Å². The number of nitrogens with one attached hydrogen (secondary N) is 2. The normalized spacial score (nSPS) is 10.9. The van der Waals surface area contributed by atoms with Crippen LogP contribution in [0.5, 0.6) is 0 Å². The Hall–Kier alpha value is -2.12. The molecular formula is C11H12N4O2S. The summed E-state index contributed by atoms with van der Waals surface area (Å²) in [5, 5.41) is 0. The van der Waals surface area contributed by atoms with Crippen LogP contribution in [0, 0.1) is 0 Å². The molecule has 1 aromatic carbocycles. The van der Waals surface area contributed by atoms with E-state index < -0.39 is 10.0 Å². The van der Waals surface area contributed by atoms with E-state index in [9.17, 15) is 8.42 Å². The van der Waals surface area contributed by atoms with Crippen LogP contribution in [0.25, 0.3) is 0 Å². The summed E-state index contributed by atoms with van der Waals surface area (Å²) < 4.78 is 26.7. The summed E-state index contributed by atoms with van der Waals surface area (Å²) in [4.78, 5) is 3.92. The third-order valence-electron chi connectivity index (χ3n) is 2.25. The zero-order valence-electron chi connectivity index (χ0n) is 9.37. The van der Waals surface area contributed by atoms with E-state index in [0.29, 0.717) is 11.4 Å². The van der Waals surface area contributed by atoms with Crippen LogP contribution in [0.4, 0.5) is 11.4 Å². The molecule has 0 spiro atoms. The monoisotopic (exact) mass is 264 g/mol. The highest BCUT2D eigenvalue weighted by Gasteiger charge is 2.17. The van der Waals surface area contributed by atoms with Gasteiger partial charge < -0.3 is 5.43 Å². The quantitative estimate of drug-likeness (QED) is 0.569. The first-order valence-corrected chi connectivity index (χ1v) is 6.60. The first kappa shape index (κ1) is 12.3. The van der Waals surface area contributed by atoms with Gasteiger partial charge in [0, 0.05) is 6.20 Å². The van der Waals surface area contributed by atoms with Gasteiger partial charge in [-0.3, -0.25) is 15.5 Å². The van der Waals surface area contributed by atoms with E-state index in [1.54, 1.807) is 36.5 Å². The maximum atomic E-state index is 12.1. The van der Waals surface area contributed by atoms with Gasteiger partial charge in [-0.25, -0.2) is 8.42 Å². The van der Waals surface area contributed by atoms with E-state index in [2.05, 4.69) is 15.1 Å². The van der Waals surface area contributed by atoms with Gasteiger partial charge >= 0.3 is 0 Å². The van der Waals surface area contributed by atoms with Gasteiger partial charge in [0.2, 0.25) is 0 Å². The molecule has 7 heteroatoms. The largest absolute Gasteiger partial charge is 0.323 e. The van der Waals surface area contributed by atoms with Gasteiger partial charge in [0.25, 0.3) is 10.0 Å². The Morgan fingerprint density at radius 2 is 1.89 bits per heavy atom. The average molecular weight is 264 g/mol. The molecule has 18 heavy (non-hydrogen) atoms. The van der Waals surface area contributed by atoms with Gasteiger partial charge in [0.15, 0.2) is 0 Å². The Balaban J connectivity index is 2.37. The van der Waals surface area contributed by atoms with Crippen molar-refractivity contribution in [3.8, 4) is 0 Å². The van der Waals surface area contributed by atoms with Crippen molar-refractivity contribution >= 4 is 21.4 Å². The van der Waals surface area contributed by atoms with Gasteiger partial charge in [-0.2, -0.15) is 0 Å². The Kier molecular flexibility index (Phi) is 3.45. The smallest absolute Gasteiger partial charge is 0.264 e. The highest BCUT2D eigenvalue weighted by molar-refractivity contribution is 7.92. The fourth-order valence-corrected chi connectivity index (χ4v) is 2.67. The Labute approximate surface area is 105 Å². The predicted octanol–water partition coefficient (Wildman–Crippen LogP) is 1.17. The van der Waals surface area contributed by atoms with Crippen LogP contribution in [0.15, 0.2) is 53.7 Å². The summed E-state index contributed by atoms with van der Waals surface area (Å²) in [6, 6.07) is 9.62. The van der Waals surface area contributed by atoms with E-state index in [-0.39, 0.29) is 4.90 Å². The first-order valence-electron chi connectivity index (χ1n) is 5.12. The van der Waals surface area contributed by atoms with E-state index >= 15 is 0 Å². The first-order chi connectivity index (χ1) is 8.63. The summed E-state index contributed by atoms with van der Waals surface area (Å²) in [5.74, 6) is 5.29. The number of rotatable bonds is 4. The molecule has 1 aromatic heterocycles. The molecule has 0 radical (unpaired) electrons. The SMILES string of the molecule is NNc1ccccc1S(=O)(=O)Nc1cccnc1. The molecule has 0 aliphatic rings. The number of pyridine rings is 1. The van der Waals surface area contributed by atoms with Crippen LogP contribution in [-0.2, 0) is 10.0 Å². The fourth-order valence-electron chi connectivity index (χ4n) is 1.45. The molecule has 0 bridgehead atoms. The van der Waals surface area contributed by atoms with E-state index in [1.807, 2.05) is 0 Å². The highest BCUT2D eigenvalue weighted by Crippen LogP contribution is 2.22. The second kappa shape index (κ2) is 5.03. The van der Waals surface area contributed by atoms with Crippen LogP contribution < -0.4 is 16.0 Å². The van der Waals surface area contributed by atoms with E-state index in [4.69, 9.17) is 5.84 Å². The zero-order chi connectivity index (χ0) is 13.0. The van der Waals surface area contributed by atoms with Gasteiger partial charge in [-0.15, -0.1) is 0 Å². The van der Waals surface area contributed by atoms with E-state index in [1.165, 1.54) is 12.3 Å². The zero-order valence-corrected chi connectivity index (χ0v) is 10.2. The lowest BCUT2D eigenvalue weighted by Crippen LogP contribution is -2.17. The van der Waals surface area contributed by atoms with Crippen molar-refractivity contribution in [3.63, 3.8) is 0 Å². The van der Waals surface area contributed by atoms with E-state index in [0.717, 1.165) is 0 Å². The Morgan fingerprint density at radius 1 is 1.11 bits per heavy atom. The minimum absolute atomic E-state index is 0.0800. The number of para-hydroxylation sites is 1. The lowest BCUT2D eigenvalue weighted by molar-refractivity contribution is 0.601. The second-order valence-corrected chi connectivity index (χ2v) is 5.14.